The zero-order valence-corrected chi connectivity index (χ0v) is 16.2. The molecule has 7 nitrogen and oxygen atoms in total. The fraction of sp³-hybridized carbons (Fsp3) is 0.333. The van der Waals surface area contributed by atoms with Crippen LogP contribution in [0, 0.1) is 5.82 Å². The Kier molecular flexibility index (Phi) is 5.24. The first-order chi connectivity index (χ1) is 14.1. The molecule has 1 aromatic heterocycles. The number of nitrogens with one attached hydrogen (secondary N) is 2. The largest absolute Gasteiger partial charge is 0.496 e. The van der Waals surface area contributed by atoms with Gasteiger partial charge in [-0.3, -0.25) is 4.79 Å². The van der Waals surface area contributed by atoms with Crippen LogP contribution in [-0.4, -0.2) is 37.2 Å². The van der Waals surface area contributed by atoms with Crippen LogP contribution in [0.3, 0.4) is 0 Å². The van der Waals surface area contributed by atoms with Gasteiger partial charge in [0.25, 0.3) is 11.9 Å². The number of anilines is 1. The monoisotopic (exact) mass is 399 g/mol. The highest BCUT2D eigenvalue weighted by molar-refractivity contribution is 6.00. The van der Waals surface area contributed by atoms with E-state index in [0.717, 1.165) is 19.3 Å². The van der Waals surface area contributed by atoms with Crippen LogP contribution in [0.5, 0.6) is 11.5 Å². The quantitative estimate of drug-likeness (QED) is 0.657. The molecule has 2 atom stereocenters. The molecular weight excluding hydrogens is 377 g/mol. The highest BCUT2D eigenvalue weighted by Crippen LogP contribution is 2.30. The summed E-state index contributed by atoms with van der Waals surface area (Å²) < 4.78 is 29.6. The zero-order valence-electron chi connectivity index (χ0n) is 16.2. The lowest BCUT2D eigenvalue weighted by molar-refractivity contribution is 0.0929. The van der Waals surface area contributed by atoms with Crippen molar-refractivity contribution in [3.8, 4) is 11.5 Å². The average Bonchev–Trinajstić information content (AvgIpc) is 3.33. The van der Waals surface area contributed by atoms with E-state index in [0.29, 0.717) is 34.2 Å². The summed E-state index contributed by atoms with van der Waals surface area (Å²) in [4.78, 5) is 17.3. The number of rotatable bonds is 6. The molecule has 1 aliphatic carbocycles. The molecule has 1 heterocycles. The Bertz CT molecular complexity index is 1010. The first-order valence-electron chi connectivity index (χ1n) is 9.43. The third-order valence-electron chi connectivity index (χ3n) is 5.15. The third-order valence-corrected chi connectivity index (χ3v) is 5.15. The maximum absolute atomic E-state index is 13.4. The van der Waals surface area contributed by atoms with E-state index >= 15 is 0 Å². The number of carbonyl (C=O) groups excluding carboxylic acids is 1. The molecule has 1 saturated carbocycles. The summed E-state index contributed by atoms with van der Waals surface area (Å²) in [5.74, 6) is 0.255. The SMILES string of the molecule is COc1cccc(OC)c1C(=O)N[C@@H]1CCC[C@H]1Nc1nc2ccc(F)cc2o1. The second kappa shape index (κ2) is 7.98. The number of hydrogen-bond donors (Lipinski definition) is 2. The number of methoxy groups -OCH3 is 2. The fourth-order valence-corrected chi connectivity index (χ4v) is 3.74. The number of carbonyl (C=O) groups is 1. The smallest absolute Gasteiger partial charge is 0.295 e. The van der Waals surface area contributed by atoms with Gasteiger partial charge in [0.2, 0.25) is 0 Å². The van der Waals surface area contributed by atoms with Crippen molar-refractivity contribution < 1.29 is 23.1 Å². The molecule has 1 fully saturated rings. The van der Waals surface area contributed by atoms with E-state index in [4.69, 9.17) is 13.9 Å². The summed E-state index contributed by atoms with van der Waals surface area (Å²) in [6.45, 7) is 0. The lowest BCUT2D eigenvalue weighted by atomic mass is 10.1. The van der Waals surface area contributed by atoms with Gasteiger partial charge in [-0.15, -0.1) is 0 Å². The van der Waals surface area contributed by atoms with E-state index in [1.165, 1.54) is 26.4 Å². The van der Waals surface area contributed by atoms with E-state index in [1.807, 2.05) is 0 Å². The van der Waals surface area contributed by atoms with Crippen molar-refractivity contribution in [2.24, 2.45) is 0 Å². The van der Waals surface area contributed by atoms with Crippen molar-refractivity contribution in [3.63, 3.8) is 0 Å². The van der Waals surface area contributed by atoms with Crippen molar-refractivity contribution in [2.75, 3.05) is 19.5 Å². The molecule has 1 amide bonds. The minimum atomic E-state index is -0.378. The number of aromatic nitrogens is 1. The van der Waals surface area contributed by atoms with Crippen LogP contribution in [0.4, 0.5) is 10.4 Å². The molecular formula is C21H22FN3O4. The first-order valence-corrected chi connectivity index (χ1v) is 9.43. The standard InChI is InChI=1S/C21H22FN3O4/c1-27-16-7-4-8-17(28-2)19(16)20(26)23-13-5-3-6-14(13)24-21-25-15-10-9-12(22)11-18(15)29-21/h4,7-11,13-14H,3,5-6H2,1-2H3,(H,23,26)(H,24,25)/t13-,14-/m1/s1. The summed E-state index contributed by atoms with van der Waals surface area (Å²) >= 11 is 0. The van der Waals surface area contributed by atoms with E-state index in [2.05, 4.69) is 15.6 Å². The number of halogens is 1. The van der Waals surface area contributed by atoms with Crippen molar-refractivity contribution >= 4 is 23.0 Å². The number of oxazole rings is 1. The van der Waals surface area contributed by atoms with Crippen LogP contribution < -0.4 is 20.1 Å². The van der Waals surface area contributed by atoms with Gasteiger partial charge in [-0.05, 0) is 43.5 Å². The number of ether oxygens (including phenoxy) is 2. The summed E-state index contributed by atoms with van der Waals surface area (Å²) in [5.41, 5.74) is 1.32. The third kappa shape index (κ3) is 3.83. The maximum atomic E-state index is 13.4. The summed E-state index contributed by atoms with van der Waals surface area (Å²) in [7, 11) is 3.03. The predicted molar refractivity (Wildman–Crippen MR) is 106 cm³/mol. The van der Waals surface area contributed by atoms with Crippen LogP contribution in [0.25, 0.3) is 11.1 Å². The molecule has 4 rings (SSSR count). The van der Waals surface area contributed by atoms with E-state index < -0.39 is 0 Å². The van der Waals surface area contributed by atoms with Crippen LogP contribution in [-0.2, 0) is 0 Å². The van der Waals surface area contributed by atoms with Crippen molar-refractivity contribution in [1.82, 2.24) is 10.3 Å². The van der Waals surface area contributed by atoms with Crippen LogP contribution in [0.15, 0.2) is 40.8 Å². The molecule has 8 heteroatoms. The first kappa shape index (κ1) is 19.0. The molecule has 1 aliphatic rings. The maximum Gasteiger partial charge on any atom is 0.295 e. The number of fused-ring (bicyclic) bond motifs is 1. The van der Waals surface area contributed by atoms with Gasteiger partial charge in [-0.1, -0.05) is 6.07 Å². The average molecular weight is 399 g/mol. The minimum absolute atomic E-state index is 0.0578. The Balaban J connectivity index is 1.51. The van der Waals surface area contributed by atoms with Crippen molar-refractivity contribution in [3.05, 3.63) is 47.8 Å². The van der Waals surface area contributed by atoms with Crippen molar-refractivity contribution in [1.29, 1.82) is 0 Å². The molecule has 0 bridgehead atoms. The van der Waals surface area contributed by atoms with E-state index in [-0.39, 0.29) is 23.8 Å². The molecule has 0 saturated heterocycles. The van der Waals surface area contributed by atoms with Gasteiger partial charge in [0.15, 0.2) is 5.58 Å². The van der Waals surface area contributed by atoms with Crippen molar-refractivity contribution in [2.45, 2.75) is 31.3 Å². The van der Waals surface area contributed by atoms with Crippen LogP contribution in [0.2, 0.25) is 0 Å². The van der Waals surface area contributed by atoms with Gasteiger partial charge in [0.1, 0.15) is 28.4 Å². The topological polar surface area (TPSA) is 85.6 Å². The highest BCUT2D eigenvalue weighted by Gasteiger charge is 2.31. The summed E-state index contributed by atoms with van der Waals surface area (Å²) in [6, 6.07) is 9.56. The molecule has 29 heavy (non-hydrogen) atoms. The van der Waals surface area contributed by atoms with Gasteiger partial charge in [-0.25, -0.2) is 4.39 Å². The molecule has 0 unspecified atom stereocenters. The van der Waals surface area contributed by atoms with Gasteiger partial charge in [0.05, 0.1) is 20.3 Å². The summed E-state index contributed by atoms with van der Waals surface area (Å²) in [6.07, 6.45) is 2.61. The molecule has 3 aromatic rings. The molecule has 2 aromatic carbocycles. The Labute approximate surface area is 167 Å². The highest BCUT2D eigenvalue weighted by atomic mass is 19.1. The normalized spacial score (nSPS) is 18.6. The van der Waals surface area contributed by atoms with Gasteiger partial charge in [0, 0.05) is 12.1 Å². The fourth-order valence-electron chi connectivity index (χ4n) is 3.74. The van der Waals surface area contributed by atoms with Crippen LogP contribution in [0.1, 0.15) is 29.6 Å². The van der Waals surface area contributed by atoms with Gasteiger partial charge in [-0.2, -0.15) is 4.98 Å². The van der Waals surface area contributed by atoms with E-state index in [9.17, 15) is 9.18 Å². The van der Waals surface area contributed by atoms with E-state index in [1.54, 1.807) is 24.3 Å². The minimum Gasteiger partial charge on any atom is -0.496 e. The Morgan fingerprint density at radius 3 is 2.59 bits per heavy atom. The second-order valence-electron chi connectivity index (χ2n) is 6.93. The van der Waals surface area contributed by atoms with Crippen LogP contribution >= 0.6 is 0 Å². The lowest BCUT2D eigenvalue weighted by Gasteiger charge is -2.22. The zero-order chi connectivity index (χ0) is 20.4. The molecule has 2 N–H and O–H groups in total. The number of nitrogens with zero attached hydrogens (tertiary/aromatic N) is 1. The number of amides is 1. The second-order valence-corrected chi connectivity index (χ2v) is 6.93. The van der Waals surface area contributed by atoms with Gasteiger partial charge >= 0.3 is 0 Å². The number of benzene rings is 2. The predicted octanol–water partition coefficient (Wildman–Crippen LogP) is 3.75. The summed E-state index contributed by atoms with van der Waals surface area (Å²) in [5, 5.41) is 6.30. The number of hydrogen-bond acceptors (Lipinski definition) is 6. The van der Waals surface area contributed by atoms with Gasteiger partial charge < -0.3 is 24.5 Å². The lowest BCUT2D eigenvalue weighted by Crippen LogP contribution is -2.43. The molecule has 0 spiro atoms. The molecule has 152 valence electrons. The Hall–Kier alpha value is -3.29. The molecule has 0 aliphatic heterocycles. The molecule has 0 radical (unpaired) electrons. The Morgan fingerprint density at radius 1 is 1.14 bits per heavy atom. The Morgan fingerprint density at radius 2 is 1.86 bits per heavy atom.